The van der Waals surface area contributed by atoms with Crippen molar-refractivity contribution >= 4 is 0 Å². The zero-order chi connectivity index (χ0) is 12.0. The molecule has 16 heavy (non-hydrogen) atoms. The van der Waals surface area contributed by atoms with E-state index in [1.165, 1.54) is 0 Å². The Bertz CT molecular complexity index is 368. The van der Waals surface area contributed by atoms with E-state index in [0.29, 0.717) is 19.1 Å². The van der Waals surface area contributed by atoms with Gasteiger partial charge in [-0.2, -0.15) is 0 Å². The van der Waals surface area contributed by atoms with E-state index in [0.717, 1.165) is 18.6 Å². The van der Waals surface area contributed by atoms with Gasteiger partial charge in [-0.3, -0.25) is 4.79 Å². The molecule has 0 aliphatic carbocycles. The summed E-state index contributed by atoms with van der Waals surface area (Å²) in [6.45, 7) is 8.20. The van der Waals surface area contributed by atoms with Crippen molar-refractivity contribution in [1.29, 1.82) is 0 Å². The number of rotatable bonds is 6. The number of hydrogen-bond acceptors (Lipinski definition) is 2. The molecule has 1 aromatic heterocycles. The lowest BCUT2D eigenvalue weighted by Gasteiger charge is -2.08. The molecule has 0 N–H and O–H groups in total. The van der Waals surface area contributed by atoms with Crippen molar-refractivity contribution in [2.45, 2.75) is 33.7 Å². The van der Waals surface area contributed by atoms with Gasteiger partial charge in [0.1, 0.15) is 0 Å². The fraction of sp³-hybridized carbons (Fsp3) is 0.615. The van der Waals surface area contributed by atoms with E-state index in [9.17, 15) is 4.79 Å². The fourth-order valence-electron chi connectivity index (χ4n) is 1.42. The lowest BCUT2D eigenvalue weighted by atomic mass is 10.1. The minimum Gasteiger partial charge on any atom is -0.380 e. The topological polar surface area (TPSA) is 31.2 Å². The van der Waals surface area contributed by atoms with Crippen LogP contribution in [-0.2, 0) is 11.3 Å². The van der Waals surface area contributed by atoms with Gasteiger partial charge >= 0.3 is 0 Å². The second kappa shape index (κ2) is 6.48. The summed E-state index contributed by atoms with van der Waals surface area (Å²) in [6.07, 6.45) is 2.88. The summed E-state index contributed by atoms with van der Waals surface area (Å²) < 4.78 is 7.18. The molecular formula is C13H21NO2. The van der Waals surface area contributed by atoms with Crippen molar-refractivity contribution in [3.8, 4) is 0 Å². The molecule has 0 spiro atoms. The Morgan fingerprint density at radius 3 is 2.81 bits per heavy atom. The maximum Gasteiger partial charge on any atom is 0.253 e. The van der Waals surface area contributed by atoms with Gasteiger partial charge in [0.05, 0.1) is 6.61 Å². The smallest absolute Gasteiger partial charge is 0.253 e. The van der Waals surface area contributed by atoms with E-state index in [1.807, 2.05) is 19.1 Å². The molecule has 3 heteroatoms. The minimum atomic E-state index is 0.0787. The highest BCUT2D eigenvalue weighted by Crippen LogP contribution is 1.98. The number of ether oxygens (including phenoxy) is 1. The standard InChI is InChI=1S/C13H21NO2/c1-11(2)6-9-16-10-8-14-7-4-5-12(3)13(14)15/h4-5,7,11H,6,8-10H2,1-3H3. The summed E-state index contributed by atoms with van der Waals surface area (Å²) in [6, 6.07) is 3.73. The Balaban J connectivity index is 2.32. The summed E-state index contributed by atoms with van der Waals surface area (Å²) in [4.78, 5) is 11.6. The number of pyridine rings is 1. The van der Waals surface area contributed by atoms with Gasteiger partial charge in [-0.25, -0.2) is 0 Å². The van der Waals surface area contributed by atoms with Crippen LogP contribution in [0.3, 0.4) is 0 Å². The van der Waals surface area contributed by atoms with Gasteiger partial charge in [-0.05, 0) is 25.3 Å². The van der Waals surface area contributed by atoms with Gasteiger partial charge in [-0.15, -0.1) is 0 Å². The SMILES string of the molecule is Cc1cccn(CCOCCC(C)C)c1=O. The lowest BCUT2D eigenvalue weighted by molar-refractivity contribution is 0.115. The van der Waals surface area contributed by atoms with E-state index < -0.39 is 0 Å². The molecule has 1 aromatic rings. The van der Waals surface area contributed by atoms with Crippen LogP contribution < -0.4 is 5.56 Å². The van der Waals surface area contributed by atoms with Crippen LogP contribution in [0.5, 0.6) is 0 Å². The maximum atomic E-state index is 11.6. The predicted octanol–water partition coefficient (Wildman–Crippen LogP) is 2.22. The Labute approximate surface area is 97.1 Å². The molecule has 90 valence electrons. The average molecular weight is 223 g/mol. The normalized spacial score (nSPS) is 11.0. The summed E-state index contributed by atoms with van der Waals surface area (Å²) in [5.74, 6) is 0.668. The van der Waals surface area contributed by atoms with Crippen LogP contribution in [0.15, 0.2) is 23.1 Å². The number of nitrogens with zero attached hydrogens (tertiary/aromatic N) is 1. The quantitative estimate of drug-likeness (QED) is 0.692. The van der Waals surface area contributed by atoms with Gasteiger partial charge in [-0.1, -0.05) is 19.9 Å². The van der Waals surface area contributed by atoms with Crippen LogP contribution in [0.25, 0.3) is 0 Å². The summed E-state index contributed by atoms with van der Waals surface area (Å²) >= 11 is 0. The third-order valence-electron chi connectivity index (χ3n) is 2.53. The molecule has 0 fully saturated rings. The highest BCUT2D eigenvalue weighted by atomic mass is 16.5. The molecular weight excluding hydrogens is 202 g/mol. The highest BCUT2D eigenvalue weighted by Gasteiger charge is 1.98. The number of aromatic nitrogens is 1. The molecule has 0 saturated carbocycles. The summed E-state index contributed by atoms with van der Waals surface area (Å²) in [7, 11) is 0. The third-order valence-corrected chi connectivity index (χ3v) is 2.53. The van der Waals surface area contributed by atoms with Crippen LogP contribution in [0.1, 0.15) is 25.8 Å². The maximum absolute atomic E-state index is 11.6. The van der Waals surface area contributed by atoms with Crippen LogP contribution in [-0.4, -0.2) is 17.8 Å². The van der Waals surface area contributed by atoms with Crippen LogP contribution in [0.2, 0.25) is 0 Å². The molecule has 0 radical (unpaired) electrons. The predicted molar refractivity (Wildman–Crippen MR) is 65.7 cm³/mol. The van der Waals surface area contributed by atoms with Crippen LogP contribution >= 0.6 is 0 Å². The van der Waals surface area contributed by atoms with Gasteiger partial charge < -0.3 is 9.30 Å². The van der Waals surface area contributed by atoms with E-state index in [4.69, 9.17) is 4.74 Å². The van der Waals surface area contributed by atoms with Gasteiger partial charge in [0.15, 0.2) is 0 Å². The average Bonchev–Trinajstić information content (AvgIpc) is 2.23. The van der Waals surface area contributed by atoms with Crippen LogP contribution in [0.4, 0.5) is 0 Å². The molecule has 3 nitrogen and oxygen atoms in total. The highest BCUT2D eigenvalue weighted by molar-refractivity contribution is 5.07. The first-order valence-electron chi connectivity index (χ1n) is 5.85. The Morgan fingerprint density at radius 1 is 1.38 bits per heavy atom. The van der Waals surface area contributed by atoms with Crippen LogP contribution in [0, 0.1) is 12.8 Å². The van der Waals surface area contributed by atoms with E-state index in [-0.39, 0.29) is 5.56 Å². The molecule has 0 aromatic carbocycles. The van der Waals surface area contributed by atoms with E-state index >= 15 is 0 Å². The van der Waals surface area contributed by atoms with Gasteiger partial charge in [0, 0.05) is 24.9 Å². The second-order valence-corrected chi connectivity index (χ2v) is 4.48. The Morgan fingerprint density at radius 2 is 2.12 bits per heavy atom. The first-order chi connectivity index (χ1) is 7.61. The van der Waals surface area contributed by atoms with Crippen molar-refractivity contribution in [2.75, 3.05) is 13.2 Å². The van der Waals surface area contributed by atoms with Gasteiger partial charge in [0.25, 0.3) is 5.56 Å². The molecule has 0 unspecified atom stereocenters. The molecule has 0 amide bonds. The van der Waals surface area contributed by atoms with Crippen molar-refractivity contribution in [1.82, 2.24) is 4.57 Å². The third kappa shape index (κ3) is 4.19. The molecule has 0 atom stereocenters. The molecule has 0 aliphatic rings. The minimum absolute atomic E-state index is 0.0787. The lowest BCUT2D eigenvalue weighted by Crippen LogP contribution is -2.23. The largest absolute Gasteiger partial charge is 0.380 e. The zero-order valence-electron chi connectivity index (χ0n) is 10.4. The van der Waals surface area contributed by atoms with Crippen molar-refractivity contribution in [3.63, 3.8) is 0 Å². The van der Waals surface area contributed by atoms with E-state index in [1.54, 1.807) is 10.8 Å². The first kappa shape index (κ1) is 13.0. The van der Waals surface area contributed by atoms with Gasteiger partial charge in [0.2, 0.25) is 0 Å². The molecule has 1 heterocycles. The fourth-order valence-corrected chi connectivity index (χ4v) is 1.42. The number of aryl methyl sites for hydroxylation is 1. The summed E-state index contributed by atoms with van der Waals surface area (Å²) in [5.41, 5.74) is 0.861. The molecule has 0 bridgehead atoms. The Kier molecular flexibility index (Phi) is 5.26. The monoisotopic (exact) mass is 223 g/mol. The Hall–Kier alpha value is -1.09. The zero-order valence-corrected chi connectivity index (χ0v) is 10.4. The van der Waals surface area contributed by atoms with Crippen molar-refractivity contribution < 1.29 is 4.74 Å². The summed E-state index contributed by atoms with van der Waals surface area (Å²) in [5, 5.41) is 0. The molecule has 0 saturated heterocycles. The van der Waals surface area contributed by atoms with Crippen molar-refractivity contribution in [2.24, 2.45) is 5.92 Å². The molecule has 1 rings (SSSR count). The number of hydrogen-bond donors (Lipinski definition) is 0. The van der Waals surface area contributed by atoms with Crippen molar-refractivity contribution in [3.05, 3.63) is 34.2 Å². The van der Waals surface area contributed by atoms with E-state index in [2.05, 4.69) is 13.8 Å². The first-order valence-corrected chi connectivity index (χ1v) is 5.85. The second-order valence-electron chi connectivity index (χ2n) is 4.48. The molecule has 0 aliphatic heterocycles.